The van der Waals surface area contributed by atoms with E-state index in [-0.39, 0.29) is 24.3 Å². The molecule has 1 aromatic carbocycles. The Morgan fingerprint density at radius 3 is 2.52 bits per heavy atom. The van der Waals surface area contributed by atoms with Crippen molar-refractivity contribution in [2.24, 2.45) is 0 Å². The lowest BCUT2D eigenvalue weighted by Crippen LogP contribution is -2.06. The molecule has 0 aliphatic rings. The number of aromatic nitrogens is 1. The highest BCUT2D eigenvalue weighted by molar-refractivity contribution is 6.30. The van der Waals surface area contributed by atoms with E-state index in [1.807, 2.05) is 0 Å². The third-order valence-corrected chi connectivity index (χ3v) is 3.09. The largest absolute Gasteiger partial charge is 0.506 e. The number of nitrogens with zero attached hydrogens (tertiary/aromatic N) is 1. The van der Waals surface area contributed by atoms with Crippen LogP contribution in [0.15, 0.2) is 36.5 Å². The average molecular weight is 306 g/mol. The monoisotopic (exact) mass is 305 g/mol. The molecule has 21 heavy (non-hydrogen) atoms. The first-order chi connectivity index (χ1) is 9.97. The van der Waals surface area contributed by atoms with E-state index in [0.717, 1.165) is 5.56 Å². The van der Waals surface area contributed by atoms with Crippen LogP contribution >= 0.6 is 11.6 Å². The quantitative estimate of drug-likeness (QED) is 0.828. The Labute approximate surface area is 125 Å². The van der Waals surface area contributed by atoms with Crippen molar-refractivity contribution in [2.75, 3.05) is 0 Å². The molecule has 5 nitrogen and oxygen atoms in total. The lowest BCUT2D eigenvalue weighted by molar-refractivity contribution is -0.136. The Kier molecular flexibility index (Phi) is 4.55. The van der Waals surface area contributed by atoms with E-state index in [2.05, 4.69) is 4.98 Å². The fourth-order valence-electron chi connectivity index (χ4n) is 1.83. The molecule has 1 aromatic heterocycles. The zero-order valence-electron chi connectivity index (χ0n) is 10.9. The van der Waals surface area contributed by atoms with Crippen molar-refractivity contribution in [1.82, 2.24) is 4.98 Å². The minimum atomic E-state index is -1.07. The molecular weight excluding hydrogens is 294 g/mol. The first-order valence-corrected chi connectivity index (χ1v) is 6.55. The number of carboxylic acids is 1. The van der Waals surface area contributed by atoms with Crippen LogP contribution in [0.3, 0.4) is 0 Å². The zero-order chi connectivity index (χ0) is 15.4. The van der Waals surface area contributed by atoms with Crippen molar-refractivity contribution in [3.63, 3.8) is 0 Å². The van der Waals surface area contributed by atoms with Crippen LogP contribution in [0.25, 0.3) is 11.1 Å². The van der Waals surface area contributed by atoms with Crippen LogP contribution < -0.4 is 0 Å². The molecule has 0 saturated carbocycles. The summed E-state index contributed by atoms with van der Waals surface area (Å²) in [6, 6.07) is 8.41. The fraction of sp³-hybridized carbons (Fsp3) is 0.133. The van der Waals surface area contributed by atoms with Gasteiger partial charge in [-0.2, -0.15) is 0 Å². The first kappa shape index (κ1) is 15.0. The Balaban J connectivity index is 2.25. The molecule has 0 unspecified atom stereocenters. The van der Waals surface area contributed by atoms with Crippen LogP contribution in [0, 0.1) is 0 Å². The SMILES string of the molecule is O=C(O)CCC(=O)c1ncc(-c2cccc(Cl)c2)cc1O. The summed E-state index contributed by atoms with van der Waals surface area (Å²) in [4.78, 5) is 26.1. The lowest BCUT2D eigenvalue weighted by Gasteiger charge is -2.06. The van der Waals surface area contributed by atoms with Crippen LogP contribution in [0.1, 0.15) is 23.3 Å². The molecule has 0 saturated heterocycles. The van der Waals surface area contributed by atoms with Crippen molar-refractivity contribution in [2.45, 2.75) is 12.8 Å². The maximum Gasteiger partial charge on any atom is 0.303 e. The highest BCUT2D eigenvalue weighted by Crippen LogP contribution is 2.27. The van der Waals surface area contributed by atoms with Crippen LogP contribution in [0.5, 0.6) is 5.75 Å². The summed E-state index contributed by atoms with van der Waals surface area (Å²) < 4.78 is 0. The normalized spacial score (nSPS) is 10.3. The van der Waals surface area contributed by atoms with Gasteiger partial charge < -0.3 is 10.2 Å². The fourth-order valence-corrected chi connectivity index (χ4v) is 2.02. The van der Waals surface area contributed by atoms with Gasteiger partial charge in [0, 0.05) is 23.2 Å². The van der Waals surface area contributed by atoms with Gasteiger partial charge in [0.05, 0.1) is 6.42 Å². The van der Waals surface area contributed by atoms with E-state index in [1.165, 1.54) is 12.3 Å². The van der Waals surface area contributed by atoms with E-state index < -0.39 is 11.8 Å². The van der Waals surface area contributed by atoms with Gasteiger partial charge in [-0.3, -0.25) is 9.59 Å². The number of rotatable bonds is 5. The number of halogens is 1. The molecule has 2 rings (SSSR count). The summed E-state index contributed by atoms with van der Waals surface area (Å²) in [5.41, 5.74) is 1.25. The lowest BCUT2D eigenvalue weighted by atomic mass is 10.1. The summed E-state index contributed by atoms with van der Waals surface area (Å²) in [6.07, 6.45) is 0.946. The van der Waals surface area contributed by atoms with E-state index in [9.17, 15) is 14.7 Å². The molecule has 0 bridgehead atoms. The molecule has 0 aliphatic heterocycles. The summed E-state index contributed by atoms with van der Waals surface area (Å²) in [5, 5.41) is 19.0. The Morgan fingerprint density at radius 2 is 1.90 bits per heavy atom. The number of aliphatic carboxylic acids is 1. The second kappa shape index (κ2) is 6.37. The number of carbonyl (C=O) groups is 2. The van der Waals surface area contributed by atoms with Crippen molar-refractivity contribution in [3.8, 4) is 16.9 Å². The molecule has 0 fully saturated rings. The second-order valence-electron chi connectivity index (χ2n) is 4.42. The number of Topliss-reactive ketones (excluding diaryl/α,β-unsaturated/α-hetero) is 1. The minimum absolute atomic E-state index is 0.123. The average Bonchev–Trinajstić information content (AvgIpc) is 2.44. The van der Waals surface area contributed by atoms with Gasteiger partial charge >= 0.3 is 5.97 Å². The number of pyridine rings is 1. The van der Waals surface area contributed by atoms with E-state index in [0.29, 0.717) is 10.6 Å². The predicted molar refractivity (Wildman–Crippen MR) is 77.5 cm³/mol. The second-order valence-corrected chi connectivity index (χ2v) is 4.86. The number of hydrogen-bond donors (Lipinski definition) is 2. The van der Waals surface area contributed by atoms with Gasteiger partial charge in [-0.05, 0) is 23.8 Å². The maximum atomic E-state index is 11.8. The molecule has 2 aromatic rings. The molecule has 1 heterocycles. The number of carbonyl (C=O) groups excluding carboxylic acids is 1. The number of aromatic hydroxyl groups is 1. The van der Waals surface area contributed by atoms with Gasteiger partial charge in [-0.15, -0.1) is 0 Å². The Hall–Kier alpha value is -2.40. The van der Waals surface area contributed by atoms with Crippen molar-refractivity contribution in [3.05, 3.63) is 47.2 Å². The zero-order valence-corrected chi connectivity index (χ0v) is 11.7. The van der Waals surface area contributed by atoms with Crippen molar-refractivity contribution < 1.29 is 19.8 Å². The van der Waals surface area contributed by atoms with Crippen LogP contribution in [-0.4, -0.2) is 26.9 Å². The molecule has 108 valence electrons. The highest BCUT2D eigenvalue weighted by atomic mass is 35.5. The van der Waals surface area contributed by atoms with Gasteiger partial charge in [0.15, 0.2) is 5.78 Å². The van der Waals surface area contributed by atoms with Crippen LogP contribution in [-0.2, 0) is 4.79 Å². The maximum absolute atomic E-state index is 11.8. The molecule has 0 aliphatic carbocycles. The third kappa shape index (κ3) is 3.79. The third-order valence-electron chi connectivity index (χ3n) is 2.86. The van der Waals surface area contributed by atoms with Crippen molar-refractivity contribution in [1.29, 1.82) is 0 Å². The Bertz CT molecular complexity index is 700. The number of hydrogen-bond acceptors (Lipinski definition) is 4. The summed E-state index contributed by atoms with van der Waals surface area (Å²) in [6.45, 7) is 0. The molecule has 0 spiro atoms. The number of ketones is 1. The van der Waals surface area contributed by atoms with Gasteiger partial charge in [0.1, 0.15) is 11.4 Å². The topological polar surface area (TPSA) is 87.5 Å². The van der Waals surface area contributed by atoms with E-state index >= 15 is 0 Å². The highest BCUT2D eigenvalue weighted by Gasteiger charge is 2.15. The van der Waals surface area contributed by atoms with Crippen LogP contribution in [0.2, 0.25) is 5.02 Å². The smallest absolute Gasteiger partial charge is 0.303 e. The molecule has 0 radical (unpaired) electrons. The molecular formula is C15H12ClNO4. The Morgan fingerprint density at radius 1 is 1.14 bits per heavy atom. The first-order valence-electron chi connectivity index (χ1n) is 6.17. The molecule has 0 amide bonds. The standard InChI is InChI=1S/C15H12ClNO4/c16-11-3-1-2-9(6-11)10-7-13(19)15(17-8-10)12(18)4-5-14(20)21/h1-3,6-8,19H,4-5H2,(H,20,21). The minimum Gasteiger partial charge on any atom is -0.506 e. The molecule has 0 atom stereocenters. The number of benzene rings is 1. The van der Waals surface area contributed by atoms with E-state index in [1.54, 1.807) is 24.3 Å². The predicted octanol–water partition coefficient (Wildman–Crippen LogP) is 3.16. The van der Waals surface area contributed by atoms with Gasteiger partial charge in [-0.25, -0.2) is 4.98 Å². The van der Waals surface area contributed by atoms with E-state index in [4.69, 9.17) is 16.7 Å². The summed E-state index contributed by atoms with van der Waals surface area (Å²) in [7, 11) is 0. The van der Waals surface area contributed by atoms with Gasteiger partial charge in [-0.1, -0.05) is 23.7 Å². The number of carboxylic acid groups (broad SMARTS) is 1. The van der Waals surface area contributed by atoms with Gasteiger partial charge in [0.25, 0.3) is 0 Å². The summed E-state index contributed by atoms with van der Waals surface area (Å²) >= 11 is 5.89. The summed E-state index contributed by atoms with van der Waals surface area (Å²) in [5.74, 6) is -1.85. The molecule has 2 N–H and O–H groups in total. The van der Waals surface area contributed by atoms with Crippen LogP contribution in [0.4, 0.5) is 0 Å². The van der Waals surface area contributed by atoms with Crippen molar-refractivity contribution >= 4 is 23.4 Å². The van der Waals surface area contributed by atoms with Gasteiger partial charge in [0.2, 0.25) is 0 Å². The molecule has 6 heteroatoms.